The summed E-state index contributed by atoms with van der Waals surface area (Å²) in [5.41, 5.74) is 6.14. The SMILES string of the molecule is NC1(Cc2nc(COc3ccccc3)no2)CCCC1. The molecule has 0 bridgehead atoms. The molecule has 0 unspecified atom stereocenters. The fraction of sp³-hybridized carbons (Fsp3) is 0.467. The van der Waals surface area contributed by atoms with Gasteiger partial charge in [0.2, 0.25) is 11.7 Å². The lowest BCUT2D eigenvalue weighted by molar-refractivity contribution is 0.282. The Morgan fingerprint density at radius 1 is 1.20 bits per heavy atom. The highest BCUT2D eigenvalue weighted by molar-refractivity contribution is 5.20. The molecule has 0 saturated heterocycles. The number of rotatable bonds is 5. The number of nitrogens with two attached hydrogens (primary N) is 1. The smallest absolute Gasteiger partial charge is 0.228 e. The predicted molar refractivity (Wildman–Crippen MR) is 74.2 cm³/mol. The Kier molecular flexibility index (Phi) is 3.69. The highest BCUT2D eigenvalue weighted by Crippen LogP contribution is 2.29. The van der Waals surface area contributed by atoms with Crippen LogP contribution in [0.1, 0.15) is 37.4 Å². The highest BCUT2D eigenvalue weighted by Gasteiger charge is 2.31. The number of hydrogen-bond acceptors (Lipinski definition) is 5. The zero-order chi connectivity index (χ0) is 13.8. The van der Waals surface area contributed by atoms with Gasteiger partial charge in [-0.05, 0) is 25.0 Å². The lowest BCUT2D eigenvalue weighted by Gasteiger charge is -2.20. The molecule has 1 aliphatic carbocycles. The van der Waals surface area contributed by atoms with E-state index in [1.807, 2.05) is 30.3 Å². The van der Waals surface area contributed by atoms with Gasteiger partial charge in [-0.15, -0.1) is 0 Å². The van der Waals surface area contributed by atoms with E-state index in [4.69, 9.17) is 15.0 Å². The molecule has 106 valence electrons. The third-order valence-electron chi connectivity index (χ3n) is 3.72. The molecule has 1 aromatic carbocycles. The number of para-hydroxylation sites is 1. The number of aromatic nitrogens is 2. The molecule has 20 heavy (non-hydrogen) atoms. The minimum atomic E-state index is -0.163. The van der Waals surface area contributed by atoms with Crippen LogP contribution in [0.2, 0.25) is 0 Å². The maximum absolute atomic E-state index is 6.31. The zero-order valence-corrected chi connectivity index (χ0v) is 11.4. The summed E-state index contributed by atoms with van der Waals surface area (Å²) in [6.07, 6.45) is 5.10. The lowest BCUT2D eigenvalue weighted by Crippen LogP contribution is -2.38. The van der Waals surface area contributed by atoms with Crippen molar-refractivity contribution in [1.82, 2.24) is 10.1 Å². The summed E-state index contributed by atoms with van der Waals surface area (Å²) >= 11 is 0. The summed E-state index contributed by atoms with van der Waals surface area (Å²) in [4.78, 5) is 4.35. The third kappa shape index (κ3) is 3.17. The Bertz CT molecular complexity index is 547. The summed E-state index contributed by atoms with van der Waals surface area (Å²) in [6.45, 7) is 0.311. The first-order valence-corrected chi connectivity index (χ1v) is 7.02. The molecular weight excluding hydrogens is 254 g/mol. The van der Waals surface area contributed by atoms with Crippen molar-refractivity contribution in [3.05, 3.63) is 42.0 Å². The van der Waals surface area contributed by atoms with Gasteiger partial charge in [0.05, 0.1) is 0 Å². The number of benzene rings is 1. The molecule has 0 spiro atoms. The first kappa shape index (κ1) is 13.1. The largest absolute Gasteiger partial charge is 0.485 e. The topological polar surface area (TPSA) is 74.2 Å². The van der Waals surface area contributed by atoms with Crippen LogP contribution in [0.4, 0.5) is 0 Å². The molecule has 1 saturated carbocycles. The molecule has 0 atom stereocenters. The van der Waals surface area contributed by atoms with E-state index in [2.05, 4.69) is 10.1 Å². The molecule has 2 aromatic rings. The second kappa shape index (κ2) is 5.63. The summed E-state index contributed by atoms with van der Waals surface area (Å²) in [6, 6.07) is 9.59. The molecule has 0 radical (unpaired) electrons. The van der Waals surface area contributed by atoms with Crippen LogP contribution in [0, 0.1) is 0 Å². The van der Waals surface area contributed by atoms with E-state index in [0.717, 1.165) is 18.6 Å². The average Bonchev–Trinajstić information content (AvgIpc) is 3.07. The molecule has 3 rings (SSSR count). The second-order valence-electron chi connectivity index (χ2n) is 5.45. The molecule has 0 amide bonds. The average molecular weight is 273 g/mol. The maximum Gasteiger partial charge on any atom is 0.228 e. The fourth-order valence-electron chi connectivity index (χ4n) is 2.64. The summed E-state index contributed by atoms with van der Waals surface area (Å²) < 4.78 is 10.8. The van der Waals surface area contributed by atoms with Crippen LogP contribution >= 0.6 is 0 Å². The van der Waals surface area contributed by atoms with Crippen molar-refractivity contribution in [1.29, 1.82) is 0 Å². The van der Waals surface area contributed by atoms with E-state index < -0.39 is 0 Å². The van der Waals surface area contributed by atoms with E-state index >= 15 is 0 Å². The van der Waals surface area contributed by atoms with Crippen molar-refractivity contribution < 1.29 is 9.26 Å². The third-order valence-corrected chi connectivity index (χ3v) is 3.72. The fourth-order valence-corrected chi connectivity index (χ4v) is 2.64. The van der Waals surface area contributed by atoms with E-state index in [1.54, 1.807) is 0 Å². The Balaban J connectivity index is 1.57. The number of hydrogen-bond donors (Lipinski definition) is 1. The van der Waals surface area contributed by atoms with Gasteiger partial charge < -0.3 is 15.0 Å². The Labute approximate surface area is 118 Å². The highest BCUT2D eigenvalue weighted by atomic mass is 16.5. The molecule has 1 heterocycles. The van der Waals surface area contributed by atoms with Gasteiger partial charge in [-0.1, -0.05) is 36.2 Å². The van der Waals surface area contributed by atoms with Crippen LogP contribution in [0.25, 0.3) is 0 Å². The Morgan fingerprint density at radius 2 is 1.95 bits per heavy atom. The monoisotopic (exact) mass is 273 g/mol. The maximum atomic E-state index is 6.31. The van der Waals surface area contributed by atoms with Gasteiger partial charge >= 0.3 is 0 Å². The number of ether oxygens (including phenoxy) is 1. The van der Waals surface area contributed by atoms with Gasteiger partial charge in [0.25, 0.3) is 0 Å². The summed E-state index contributed by atoms with van der Waals surface area (Å²) in [5.74, 6) is 1.97. The lowest BCUT2D eigenvalue weighted by atomic mass is 9.95. The molecular formula is C15H19N3O2. The van der Waals surface area contributed by atoms with E-state index in [0.29, 0.717) is 24.7 Å². The van der Waals surface area contributed by atoms with Crippen molar-refractivity contribution in [3.63, 3.8) is 0 Å². The van der Waals surface area contributed by atoms with Crippen molar-refractivity contribution in [2.45, 2.75) is 44.2 Å². The van der Waals surface area contributed by atoms with Crippen LogP contribution < -0.4 is 10.5 Å². The van der Waals surface area contributed by atoms with Gasteiger partial charge in [0, 0.05) is 12.0 Å². The van der Waals surface area contributed by atoms with Crippen LogP contribution in [0.3, 0.4) is 0 Å². The Morgan fingerprint density at radius 3 is 2.70 bits per heavy atom. The molecule has 1 aliphatic rings. The number of nitrogens with zero attached hydrogens (tertiary/aromatic N) is 2. The van der Waals surface area contributed by atoms with Crippen molar-refractivity contribution in [2.75, 3.05) is 0 Å². The predicted octanol–water partition coefficient (Wildman–Crippen LogP) is 2.46. The minimum Gasteiger partial charge on any atom is -0.485 e. The normalized spacial score (nSPS) is 17.2. The van der Waals surface area contributed by atoms with Crippen LogP contribution in [0.5, 0.6) is 5.75 Å². The molecule has 1 fully saturated rings. The van der Waals surface area contributed by atoms with Gasteiger partial charge in [0.1, 0.15) is 5.75 Å². The van der Waals surface area contributed by atoms with Gasteiger partial charge in [-0.2, -0.15) is 4.98 Å². The Hall–Kier alpha value is -1.88. The van der Waals surface area contributed by atoms with Crippen molar-refractivity contribution in [3.8, 4) is 5.75 Å². The zero-order valence-electron chi connectivity index (χ0n) is 11.4. The van der Waals surface area contributed by atoms with E-state index in [1.165, 1.54) is 12.8 Å². The molecule has 5 nitrogen and oxygen atoms in total. The van der Waals surface area contributed by atoms with Gasteiger partial charge in [0.15, 0.2) is 6.61 Å². The van der Waals surface area contributed by atoms with Crippen LogP contribution in [0.15, 0.2) is 34.9 Å². The summed E-state index contributed by atoms with van der Waals surface area (Å²) in [5, 5.41) is 3.94. The molecule has 1 aromatic heterocycles. The first-order chi connectivity index (χ1) is 9.73. The first-order valence-electron chi connectivity index (χ1n) is 7.02. The minimum absolute atomic E-state index is 0.163. The molecule has 0 aliphatic heterocycles. The van der Waals surface area contributed by atoms with Crippen LogP contribution in [-0.4, -0.2) is 15.7 Å². The van der Waals surface area contributed by atoms with E-state index in [9.17, 15) is 0 Å². The molecule has 2 N–H and O–H groups in total. The van der Waals surface area contributed by atoms with Crippen LogP contribution in [-0.2, 0) is 13.0 Å². The quantitative estimate of drug-likeness (QED) is 0.905. The second-order valence-corrected chi connectivity index (χ2v) is 5.45. The van der Waals surface area contributed by atoms with Crippen molar-refractivity contribution >= 4 is 0 Å². The van der Waals surface area contributed by atoms with E-state index in [-0.39, 0.29) is 5.54 Å². The standard InChI is InChI=1S/C15H19N3O2/c16-15(8-4-5-9-15)10-14-17-13(18-20-14)11-19-12-6-2-1-3-7-12/h1-3,6-7H,4-5,8-11,16H2. The van der Waals surface area contributed by atoms with Gasteiger partial charge in [-0.3, -0.25) is 0 Å². The summed E-state index contributed by atoms with van der Waals surface area (Å²) in [7, 11) is 0. The van der Waals surface area contributed by atoms with Gasteiger partial charge in [-0.25, -0.2) is 0 Å². The van der Waals surface area contributed by atoms with Crippen molar-refractivity contribution in [2.24, 2.45) is 5.73 Å². The molecule has 5 heteroatoms.